The minimum atomic E-state index is -0.158. The molecule has 1 aliphatic heterocycles. The topological polar surface area (TPSA) is 51.7 Å². The molecule has 5 nitrogen and oxygen atoms in total. The molecule has 2 rings (SSSR count). The number of carbonyl (C=O) groups excluding carboxylic acids is 1. The van der Waals surface area contributed by atoms with Gasteiger partial charge in [0.2, 0.25) is 0 Å². The molecule has 0 spiro atoms. The van der Waals surface area contributed by atoms with E-state index in [1.54, 1.807) is 11.3 Å². The van der Waals surface area contributed by atoms with Gasteiger partial charge in [-0.25, -0.2) is 4.98 Å². The molecule has 0 bridgehead atoms. The van der Waals surface area contributed by atoms with Crippen LogP contribution < -0.4 is 4.90 Å². The number of hydrogen-bond donors (Lipinski definition) is 0. The molecule has 1 aliphatic rings. The largest absolute Gasteiger partial charge is 0.466 e. The average molecular weight is 298 g/mol. The van der Waals surface area contributed by atoms with E-state index in [0.29, 0.717) is 25.6 Å². The Balaban J connectivity index is 1.79. The first kappa shape index (κ1) is 15.3. The zero-order valence-corrected chi connectivity index (χ0v) is 12.9. The summed E-state index contributed by atoms with van der Waals surface area (Å²) in [5, 5.41) is 3.00. The van der Waals surface area contributed by atoms with Crippen LogP contribution in [0.2, 0.25) is 0 Å². The van der Waals surface area contributed by atoms with E-state index in [-0.39, 0.29) is 5.97 Å². The molecule has 20 heavy (non-hydrogen) atoms. The summed E-state index contributed by atoms with van der Waals surface area (Å²) in [5.41, 5.74) is 0.956. The second-order valence-corrected chi connectivity index (χ2v) is 5.78. The van der Waals surface area contributed by atoms with Crippen molar-refractivity contribution in [3.05, 3.63) is 11.1 Å². The van der Waals surface area contributed by atoms with Gasteiger partial charge in [0.05, 0.1) is 24.8 Å². The van der Waals surface area contributed by atoms with Crippen LogP contribution in [-0.4, -0.2) is 43.9 Å². The average Bonchev–Trinajstić information content (AvgIpc) is 3.07. The van der Waals surface area contributed by atoms with Crippen molar-refractivity contribution in [3.63, 3.8) is 0 Å². The van der Waals surface area contributed by atoms with Crippen LogP contribution in [0.3, 0.4) is 0 Å². The maximum atomic E-state index is 11.3. The molecule has 6 heteroatoms. The van der Waals surface area contributed by atoms with E-state index in [0.717, 1.165) is 36.8 Å². The number of carbonyl (C=O) groups is 1. The fourth-order valence-corrected chi connectivity index (χ4v) is 3.06. The molecule has 1 saturated heterocycles. The summed E-state index contributed by atoms with van der Waals surface area (Å²) in [7, 11) is 2.04. The predicted octanol–water partition coefficient (Wildman–Crippen LogP) is 2.25. The second-order valence-electron chi connectivity index (χ2n) is 4.94. The number of thiazole rings is 1. The van der Waals surface area contributed by atoms with Crippen molar-refractivity contribution in [1.82, 2.24) is 4.98 Å². The van der Waals surface area contributed by atoms with E-state index in [1.165, 1.54) is 0 Å². The summed E-state index contributed by atoms with van der Waals surface area (Å²) in [5.74, 6) is -0.158. The van der Waals surface area contributed by atoms with Crippen LogP contribution in [0.1, 0.15) is 31.9 Å². The van der Waals surface area contributed by atoms with Crippen molar-refractivity contribution in [3.8, 4) is 0 Å². The number of ether oxygens (including phenoxy) is 2. The quantitative estimate of drug-likeness (QED) is 0.723. The lowest BCUT2D eigenvalue weighted by molar-refractivity contribution is -0.143. The summed E-state index contributed by atoms with van der Waals surface area (Å²) in [6.07, 6.45) is 3.65. The van der Waals surface area contributed by atoms with E-state index in [2.05, 4.69) is 9.88 Å². The van der Waals surface area contributed by atoms with E-state index < -0.39 is 0 Å². The van der Waals surface area contributed by atoms with Gasteiger partial charge in [0, 0.05) is 32.0 Å². The normalized spacial score (nSPS) is 18.2. The predicted molar refractivity (Wildman–Crippen MR) is 79.3 cm³/mol. The minimum absolute atomic E-state index is 0.158. The third-order valence-corrected chi connectivity index (χ3v) is 4.26. The van der Waals surface area contributed by atoms with Crippen molar-refractivity contribution in [2.75, 3.05) is 31.7 Å². The van der Waals surface area contributed by atoms with Crippen LogP contribution >= 0.6 is 11.3 Å². The van der Waals surface area contributed by atoms with Gasteiger partial charge in [0.25, 0.3) is 0 Å². The number of likely N-dealkylation sites (N-methyl/N-ethyl adjacent to an activating group) is 1. The number of hydrogen-bond acceptors (Lipinski definition) is 6. The van der Waals surface area contributed by atoms with Crippen molar-refractivity contribution in [2.24, 2.45) is 0 Å². The molecule has 1 fully saturated rings. The number of esters is 1. The Kier molecular flexibility index (Phi) is 5.79. The Morgan fingerprint density at radius 2 is 2.50 bits per heavy atom. The highest BCUT2D eigenvalue weighted by Gasteiger charge is 2.19. The van der Waals surface area contributed by atoms with Crippen LogP contribution in [0.4, 0.5) is 5.13 Å². The van der Waals surface area contributed by atoms with Crippen molar-refractivity contribution < 1.29 is 14.3 Å². The Hall–Kier alpha value is -1.14. The van der Waals surface area contributed by atoms with E-state index in [1.807, 2.05) is 19.4 Å². The lowest BCUT2D eigenvalue weighted by Gasteiger charge is -2.19. The molecule has 2 heterocycles. The van der Waals surface area contributed by atoms with Gasteiger partial charge >= 0.3 is 5.97 Å². The lowest BCUT2D eigenvalue weighted by atomic mass is 10.2. The molecule has 1 aromatic heterocycles. The first-order chi connectivity index (χ1) is 9.69. The van der Waals surface area contributed by atoms with E-state index in [4.69, 9.17) is 9.47 Å². The van der Waals surface area contributed by atoms with Crippen LogP contribution in [-0.2, 0) is 20.7 Å². The molecule has 0 aromatic carbocycles. The maximum absolute atomic E-state index is 11.3. The lowest BCUT2D eigenvalue weighted by Crippen LogP contribution is -2.28. The standard InChI is InChI=1S/C14H22N2O3S/c1-3-18-13(17)7-6-11-10-20-14(15-11)16(2)9-12-5-4-8-19-12/h10,12H,3-9H2,1-2H3. The number of aryl methyl sites for hydroxylation is 1. The summed E-state index contributed by atoms with van der Waals surface area (Å²) in [6, 6.07) is 0. The molecule has 1 atom stereocenters. The van der Waals surface area contributed by atoms with Gasteiger partial charge in [-0.1, -0.05) is 0 Å². The summed E-state index contributed by atoms with van der Waals surface area (Å²) in [6.45, 7) is 4.01. The van der Waals surface area contributed by atoms with Gasteiger partial charge in [-0.2, -0.15) is 0 Å². The SMILES string of the molecule is CCOC(=O)CCc1csc(N(C)CC2CCCO2)n1. The Morgan fingerprint density at radius 3 is 3.20 bits per heavy atom. The third-order valence-electron chi connectivity index (χ3n) is 3.26. The Morgan fingerprint density at radius 1 is 1.65 bits per heavy atom. The summed E-state index contributed by atoms with van der Waals surface area (Å²) < 4.78 is 10.5. The number of nitrogens with zero attached hydrogens (tertiary/aromatic N) is 2. The molecule has 0 N–H and O–H groups in total. The molecule has 1 aromatic rings. The number of rotatable bonds is 7. The van der Waals surface area contributed by atoms with E-state index in [9.17, 15) is 4.79 Å². The number of anilines is 1. The first-order valence-corrected chi connectivity index (χ1v) is 7.99. The highest BCUT2D eigenvalue weighted by Crippen LogP contribution is 2.22. The highest BCUT2D eigenvalue weighted by molar-refractivity contribution is 7.13. The molecule has 0 aliphatic carbocycles. The fourth-order valence-electron chi connectivity index (χ4n) is 2.22. The maximum Gasteiger partial charge on any atom is 0.306 e. The van der Waals surface area contributed by atoms with Gasteiger partial charge in [-0.05, 0) is 19.8 Å². The van der Waals surface area contributed by atoms with Gasteiger partial charge in [-0.15, -0.1) is 11.3 Å². The summed E-state index contributed by atoms with van der Waals surface area (Å²) in [4.78, 5) is 18.0. The molecule has 1 unspecified atom stereocenters. The zero-order valence-electron chi connectivity index (χ0n) is 12.1. The van der Waals surface area contributed by atoms with Gasteiger partial charge < -0.3 is 14.4 Å². The second kappa shape index (κ2) is 7.59. The molecule has 112 valence electrons. The van der Waals surface area contributed by atoms with Crippen LogP contribution in [0.25, 0.3) is 0 Å². The third kappa shape index (κ3) is 4.45. The van der Waals surface area contributed by atoms with Crippen LogP contribution in [0, 0.1) is 0 Å². The Labute approximate surface area is 123 Å². The zero-order chi connectivity index (χ0) is 14.4. The van der Waals surface area contributed by atoms with Gasteiger partial charge in [0.15, 0.2) is 5.13 Å². The first-order valence-electron chi connectivity index (χ1n) is 7.11. The van der Waals surface area contributed by atoms with Crippen LogP contribution in [0.5, 0.6) is 0 Å². The minimum Gasteiger partial charge on any atom is -0.466 e. The van der Waals surface area contributed by atoms with Gasteiger partial charge in [-0.3, -0.25) is 4.79 Å². The van der Waals surface area contributed by atoms with Gasteiger partial charge in [0.1, 0.15) is 0 Å². The smallest absolute Gasteiger partial charge is 0.306 e. The fraction of sp³-hybridized carbons (Fsp3) is 0.714. The van der Waals surface area contributed by atoms with Crippen molar-refractivity contribution in [2.45, 2.75) is 38.7 Å². The number of aromatic nitrogens is 1. The molecular formula is C14H22N2O3S. The molecule has 0 saturated carbocycles. The van der Waals surface area contributed by atoms with E-state index >= 15 is 0 Å². The molecule has 0 amide bonds. The highest BCUT2D eigenvalue weighted by atomic mass is 32.1. The molecule has 0 radical (unpaired) electrons. The van der Waals surface area contributed by atoms with Crippen molar-refractivity contribution >= 4 is 22.4 Å². The summed E-state index contributed by atoms with van der Waals surface area (Å²) >= 11 is 1.61. The van der Waals surface area contributed by atoms with Crippen LogP contribution in [0.15, 0.2) is 5.38 Å². The monoisotopic (exact) mass is 298 g/mol. The Bertz CT molecular complexity index is 430. The molecular weight excluding hydrogens is 276 g/mol. The van der Waals surface area contributed by atoms with Crippen molar-refractivity contribution in [1.29, 1.82) is 0 Å².